The van der Waals surface area contributed by atoms with Crippen LogP contribution in [0.2, 0.25) is 0 Å². The minimum absolute atomic E-state index is 0.834. The van der Waals surface area contributed by atoms with E-state index in [9.17, 15) is 4.21 Å². The Labute approximate surface area is 138 Å². The molecule has 0 heterocycles. The summed E-state index contributed by atoms with van der Waals surface area (Å²) in [7, 11) is 1.52. The molecule has 0 aromatic heterocycles. The van der Waals surface area contributed by atoms with E-state index in [1.54, 1.807) is 0 Å². The second-order valence-electron chi connectivity index (χ2n) is 5.57. The predicted molar refractivity (Wildman–Crippen MR) is 96.5 cm³/mol. The van der Waals surface area contributed by atoms with Gasteiger partial charge in [-0.25, -0.2) is 0 Å². The fourth-order valence-corrected chi connectivity index (χ4v) is 4.99. The first-order valence-corrected chi connectivity index (χ1v) is 9.10. The van der Waals surface area contributed by atoms with Crippen LogP contribution in [0.3, 0.4) is 0 Å². The number of benzene rings is 3. The molecule has 0 unspecified atom stereocenters. The van der Waals surface area contributed by atoms with E-state index in [2.05, 4.69) is 0 Å². The molecule has 0 bridgehead atoms. The second kappa shape index (κ2) is 6.39. The maximum atomic E-state index is 14.1. The lowest BCUT2D eigenvalue weighted by atomic mass is 10.3. The van der Waals surface area contributed by atoms with Crippen LogP contribution in [0, 0.1) is 0 Å². The Kier molecular flexibility index (Phi) is 4.30. The van der Waals surface area contributed by atoms with E-state index < -0.39 is 9.93 Å². The van der Waals surface area contributed by atoms with Crippen LogP contribution in [0.5, 0.6) is 0 Å². The Morgan fingerprint density at radius 3 is 1.39 bits per heavy atom. The van der Waals surface area contributed by atoms with Crippen molar-refractivity contribution < 1.29 is 4.21 Å². The van der Waals surface area contributed by atoms with E-state index in [0.29, 0.717) is 0 Å². The van der Waals surface area contributed by atoms with Gasteiger partial charge in [-0.15, -0.1) is 0 Å². The maximum absolute atomic E-state index is 14.1. The van der Waals surface area contributed by atoms with E-state index in [1.165, 1.54) is 0 Å². The number of anilines is 1. The first kappa shape index (κ1) is 15.5. The zero-order chi connectivity index (χ0) is 16.3. The Balaban J connectivity index is 2.19. The molecule has 0 N–H and O–H groups in total. The Morgan fingerprint density at radius 2 is 1.00 bits per heavy atom. The lowest BCUT2D eigenvalue weighted by Gasteiger charge is -2.15. The number of hydrogen-bond donors (Lipinski definition) is 0. The molecule has 0 saturated heterocycles. The van der Waals surface area contributed by atoms with E-state index in [1.807, 2.05) is 104 Å². The third kappa shape index (κ3) is 2.92. The summed E-state index contributed by atoms with van der Waals surface area (Å²) in [5.74, 6) is 0. The average Bonchev–Trinajstić information content (AvgIpc) is 2.62. The van der Waals surface area contributed by atoms with Crippen LogP contribution >= 0.6 is 0 Å². The fraction of sp³-hybridized carbons (Fsp3) is 0.100. The molecule has 0 aliphatic carbocycles. The molecule has 0 amide bonds. The van der Waals surface area contributed by atoms with Crippen molar-refractivity contribution in [2.24, 2.45) is 0 Å². The van der Waals surface area contributed by atoms with E-state index in [0.717, 1.165) is 20.4 Å². The normalized spacial score (nSPS) is 11.2. The minimum Gasteiger partial charge on any atom is -0.378 e. The summed E-state index contributed by atoms with van der Waals surface area (Å²) in [5, 5.41) is 0. The van der Waals surface area contributed by atoms with E-state index in [4.69, 9.17) is 0 Å². The van der Waals surface area contributed by atoms with E-state index in [-0.39, 0.29) is 0 Å². The van der Waals surface area contributed by atoms with Crippen molar-refractivity contribution in [2.75, 3.05) is 19.0 Å². The molecule has 0 spiro atoms. The molecule has 2 nitrogen and oxygen atoms in total. The molecule has 0 radical (unpaired) electrons. The molecule has 23 heavy (non-hydrogen) atoms. The lowest BCUT2D eigenvalue weighted by molar-refractivity contribution is 0.584. The summed E-state index contributed by atoms with van der Waals surface area (Å²) in [5.41, 5.74) is 1.09. The number of nitrogens with zero attached hydrogens (tertiary/aromatic N) is 1. The van der Waals surface area contributed by atoms with Crippen molar-refractivity contribution in [2.45, 2.75) is 14.7 Å². The van der Waals surface area contributed by atoms with Crippen molar-refractivity contribution in [1.29, 1.82) is 0 Å². The molecule has 3 aromatic carbocycles. The SMILES string of the molecule is CN(C)c1ccc([S+](=O)(c2ccccc2)c2ccccc2)cc1. The molecular weight excluding hydrogens is 302 g/mol. The van der Waals surface area contributed by atoms with Gasteiger partial charge in [0.25, 0.3) is 0 Å². The van der Waals surface area contributed by atoms with Gasteiger partial charge in [0.15, 0.2) is 24.6 Å². The van der Waals surface area contributed by atoms with Crippen molar-refractivity contribution >= 4 is 15.6 Å². The zero-order valence-electron chi connectivity index (χ0n) is 13.3. The first-order chi connectivity index (χ1) is 11.1. The highest BCUT2D eigenvalue weighted by atomic mass is 32.2. The highest BCUT2D eigenvalue weighted by molar-refractivity contribution is 8.03. The average molecular weight is 322 g/mol. The Hall–Kier alpha value is -2.39. The van der Waals surface area contributed by atoms with Crippen molar-refractivity contribution in [3.05, 3.63) is 84.9 Å². The van der Waals surface area contributed by atoms with Crippen molar-refractivity contribution in [3.8, 4) is 0 Å². The van der Waals surface area contributed by atoms with Gasteiger partial charge in [0.1, 0.15) is 0 Å². The highest BCUT2D eigenvalue weighted by Crippen LogP contribution is 2.36. The third-order valence-corrected chi connectivity index (χ3v) is 6.64. The monoisotopic (exact) mass is 322 g/mol. The Bertz CT molecular complexity index is 768. The van der Waals surface area contributed by atoms with E-state index >= 15 is 0 Å². The lowest BCUT2D eigenvalue weighted by Crippen LogP contribution is -2.14. The third-order valence-electron chi connectivity index (χ3n) is 3.84. The predicted octanol–water partition coefficient (Wildman–Crippen LogP) is 4.73. The quantitative estimate of drug-likeness (QED) is 0.647. The van der Waals surface area contributed by atoms with Gasteiger partial charge in [0.05, 0.1) is 0 Å². The summed E-state index contributed by atoms with van der Waals surface area (Å²) < 4.78 is 14.1. The fourth-order valence-electron chi connectivity index (χ4n) is 2.57. The molecule has 0 fully saturated rings. The van der Waals surface area contributed by atoms with Crippen molar-refractivity contribution in [1.82, 2.24) is 0 Å². The van der Waals surface area contributed by atoms with Gasteiger partial charge >= 0.3 is 0 Å². The van der Waals surface area contributed by atoms with Crippen LogP contribution in [0.15, 0.2) is 99.6 Å². The maximum Gasteiger partial charge on any atom is 0.182 e. The van der Waals surface area contributed by atoms with Gasteiger partial charge in [0.2, 0.25) is 0 Å². The summed E-state index contributed by atoms with van der Waals surface area (Å²) in [4.78, 5) is 4.55. The summed E-state index contributed by atoms with van der Waals surface area (Å²) in [6.07, 6.45) is 0. The largest absolute Gasteiger partial charge is 0.378 e. The number of hydrogen-bond acceptors (Lipinski definition) is 2. The summed E-state index contributed by atoms with van der Waals surface area (Å²) in [6, 6.07) is 27.4. The van der Waals surface area contributed by atoms with Crippen LogP contribution in [0.1, 0.15) is 0 Å². The molecule has 0 atom stereocenters. The van der Waals surface area contributed by atoms with Gasteiger partial charge in [-0.3, -0.25) is 0 Å². The summed E-state index contributed by atoms with van der Waals surface area (Å²) >= 11 is 0. The minimum atomic E-state index is -2.49. The molecule has 3 rings (SSSR count). The Morgan fingerprint density at radius 1 is 0.609 bits per heavy atom. The smallest absolute Gasteiger partial charge is 0.182 e. The van der Waals surface area contributed by atoms with Gasteiger partial charge in [-0.05, 0) is 48.5 Å². The topological polar surface area (TPSA) is 20.3 Å². The van der Waals surface area contributed by atoms with Crippen LogP contribution in [0.4, 0.5) is 5.69 Å². The zero-order valence-corrected chi connectivity index (χ0v) is 14.2. The van der Waals surface area contributed by atoms with Crippen molar-refractivity contribution in [3.63, 3.8) is 0 Å². The first-order valence-electron chi connectivity index (χ1n) is 7.54. The highest BCUT2D eigenvalue weighted by Gasteiger charge is 2.37. The van der Waals surface area contributed by atoms with Crippen LogP contribution in [-0.2, 0) is 14.1 Å². The van der Waals surface area contributed by atoms with Crippen LogP contribution < -0.4 is 4.90 Å². The molecule has 3 heteroatoms. The van der Waals surface area contributed by atoms with Crippen LogP contribution in [-0.4, -0.2) is 14.1 Å². The molecular formula is C20H20NOS+. The standard InChI is InChI=1S/C20H20NOS/c1-21(2)17-13-15-20(16-14-17)23(22,18-9-5-3-6-10-18)19-11-7-4-8-12-19/h3-16H,1-2H3/q+1. The van der Waals surface area contributed by atoms with Crippen LogP contribution in [0.25, 0.3) is 0 Å². The van der Waals surface area contributed by atoms with Gasteiger partial charge in [-0.1, -0.05) is 40.6 Å². The molecule has 0 saturated carbocycles. The summed E-state index contributed by atoms with van der Waals surface area (Å²) in [6.45, 7) is 0. The molecule has 3 aromatic rings. The molecule has 116 valence electrons. The van der Waals surface area contributed by atoms with Gasteiger partial charge in [0, 0.05) is 19.8 Å². The second-order valence-corrected chi connectivity index (χ2v) is 8.10. The van der Waals surface area contributed by atoms with Gasteiger partial charge in [-0.2, -0.15) is 0 Å². The molecule has 0 aliphatic rings. The molecule has 0 aliphatic heterocycles. The number of rotatable bonds is 4. The van der Waals surface area contributed by atoms with Gasteiger partial charge < -0.3 is 4.90 Å².